The molecular formula is C28H25NO6. The molecule has 7 heteroatoms. The number of fused-ring (bicyclic) bond motifs is 1. The average molecular weight is 472 g/mol. The van der Waals surface area contributed by atoms with E-state index in [1.807, 2.05) is 60.7 Å². The van der Waals surface area contributed by atoms with Gasteiger partial charge in [-0.15, -0.1) is 0 Å². The number of nitrogens with one attached hydrogen (secondary N) is 1. The molecule has 0 aliphatic rings. The molecule has 1 amide bonds. The minimum Gasteiger partial charge on any atom is -0.497 e. The second kappa shape index (κ2) is 10.7. The van der Waals surface area contributed by atoms with E-state index in [0.717, 1.165) is 11.1 Å². The summed E-state index contributed by atoms with van der Waals surface area (Å²) in [5.41, 5.74) is 1.89. The smallest absolute Gasteiger partial charge is 0.336 e. The molecule has 1 atom stereocenters. The number of esters is 1. The van der Waals surface area contributed by atoms with Gasteiger partial charge in [-0.05, 0) is 28.8 Å². The van der Waals surface area contributed by atoms with E-state index in [0.29, 0.717) is 22.3 Å². The van der Waals surface area contributed by atoms with Crippen molar-refractivity contribution in [2.45, 2.75) is 18.4 Å². The average Bonchev–Trinajstić information content (AvgIpc) is 2.88. The summed E-state index contributed by atoms with van der Waals surface area (Å²) < 4.78 is 15.5. The summed E-state index contributed by atoms with van der Waals surface area (Å²) in [6.07, 6.45) is 0.0448. The van der Waals surface area contributed by atoms with Crippen molar-refractivity contribution in [2.75, 3.05) is 14.2 Å². The largest absolute Gasteiger partial charge is 0.497 e. The quantitative estimate of drug-likeness (QED) is 0.310. The maximum atomic E-state index is 13.6. The van der Waals surface area contributed by atoms with Gasteiger partial charge in [0.2, 0.25) is 5.91 Å². The zero-order valence-electron chi connectivity index (χ0n) is 19.4. The van der Waals surface area contributed by atoms with Crippen LogP contribution in [-0.2, 0) is 20.7 Å². The molecule has 0 radical (unpaired) electrons. The van der Waals surface area contributed by atoms with Gasteiger partial charge in [0.25, 0.3) is 0 Å². The van der Waals surface area contributed by atoms with E-state index >= 15 is 0 Å². The fourth-order valence-electron chi connectivity index (χ4n) is 4.10. The van der Waals surface area contributed by atoms with Crippen molar-refractivity contribution < 1.29 is 23.5 Å². The lowest BCUT2D eigenvalue weighted by Gasteiger charge is -2.22. The summed E-state index contributed by atoms with van der Waals surface area (Å²) in [5, 5.41) is 3.48. The van der Waals surface area contributed by atoms with E-state index in [2.05, 4.69) is 5.32 Å². The molecule has 1 aromatic heterocycles. The Morgan fingerprint density at radius 1 is 0.886 bits per heavy atom. The zero-order chi connectivity index (χ0) is 24.8. The molecule has 0 aliphatic carbocycles. The lowest BCUT2D eigenvalue weighted by atomic mass is 9.90. The molecule has 0 unspecified atom stereocenters. The lowest BCUT2D eigenvalue weighted by Crippen LogP contribution is -2.45. The van der Waals surface area contributed by atoms with Gasteiger partial charge < -0.3 is 19.2 Å². The second-order valence-electron chi connectivity index (χ2n) is 8.00. The molecule has 1 N–H and O–H groups in total. The van der Waals surface area contributed by atoms with Crippen molar-refractivity contribution >= 4 is 22.8 Å². The molecule has 7 nitrogen and oxygen atoms in total. The van der Waals surface area contributed by atoms with Gasteiger partial charge in [-0.1, -0.05) is 60.7 Å². The highest BCUT2D eigenvalue weighted by molar-refractivity contribution is 5.91. The standard InChI is InChI=1S/C28H25NO6/c1-33-21-13-14-22-20(16-25(30)35-24(22)17-21)15-23(28(32)34-2)29-27(31)26(18-9-5-3-6-10-18)19-11-7-4-8-12-19/h3-14,16-17,23,26H,15H2,1-2H3,(H,29,31)/t23-/m1/s1. The number of benzene rings is 3. The maximum absolute atomic E-state index is 13.6. The SMILES string of the molecule is COC(=O)[C@@H](Cc1cc(=O)oc2cc(OC)ccc12)NC(=O)C(c1ccccc1)c1ccccc1. The molecule has 0 saturated carbocycles. The number of carbonyl (C=O) groups excluding carboxylic acids is 2. The summed E-state index contributed by atoms with van der Waals surface area (Å²) in [4.78, 5) is 38.5. The first kappa shape index (κ1) is 23.8. The normalized spacial score (nSPS) is 11.7. The Labute approximate surface area is 202 Å². The topological polar surface area (TPSA) is 94.8 Å². The summed E-state index contributed by atoms with van der Waals surface area (Å²) in [5.74, 6) is -1.07. The Morgan fingerprint density at radius 2 is 1.51 bits per heavy atom. The molecule has 1 heterocycles. The predicted molar refractivity (Wildman–Crippen MR) is 131 cm³/mol. The van der Waals surface area contributed by atoms with E-state index in [-0.39, 0.29) is 12.3 Å². The molecule has 4 rings (SSSR count). The van der Waals surface area contributed by atoms with Crippen LogP contribution < -0.4 is 15.7 Å². The van der Waals surface area contributed by atoms with Gasteiger partial charge in [-0.3, -0.25) is 4.79 Å². The highest BCUT2D eigenvalue weighted by Gasteiger charge is 2.29. The van der Waals surface area contributed by atoms with Gasteiger partial charge in [0.1, 0.15) is 17.4 Å². The van der Waals surface area contributed by atoms with Crippen LogP contribution in [0.15, 0.2) is 94.1 Å². The molecule has 0 fully saturated rings. The number of carbonyl (C=O) groups is 2. The third-order valence-electron chi connectivity index (χ3n) is 5.79. The van der Waals surface area contributed by atoms with Crippen molar-refractivity contribution in [2.24, 2.45) is 0 Å². The summed E-state index contributed by atoms with van der Waals surface area (Å²) >= 11 is 0. The van der Waals surface area contributed by atoms with Crippen molar-refractivity contribution in [1.82, 2.24) is 5.32 Å². The van der Waals surface area contributed by atoms with Crippen molar-refractivity contribution in [3.8, 4) is 5.75 Å². The van der Waals surface area contributed by atoms with Crippen LogP contribution in [-0.4, -0.2) is 32.1 Å². The summed E-state index contributed by atoms with van der Waals surface area (Å²) in [6.45, 7) is 0. The van der Waals surface area contributed by atoms with Gasteiger partial charge >= 0.3 is 11.6 Å². The van der Waals surface area contributed by atoms with Gasteiger partial charge in [0, 0.05) is 23.9 Å². The molecule has 4 aromatic rings. The Morgan fingerprint density at radius 3 is 2.09 bits per heavy atom. The monoisotopic (exact) mass is 471 g/mol. The van der Waals surface area contributed by atoms with Crippen LogP contribution in [0.5, 0.6) is 5.75 Å². The van der Waals surface area contributed by atoms with E-state index in [1.165, 1.54) is 20.3 Å². The van der Waals surface area contributed by atoms with Crippen LogP contribution in [0.3, 0.4) is 0 Å². The van der Waals surface area contributed by atoms with E-state index < -0.39 is 23.6 Å². The van der Waals surface area contributed by atoms with Gasteiger partial charge in [-0.25, -0.2) is 9.59 Å². The molecule has 0 saturated heterocycles. The molecule has 0 spiro atoms. The first-order valence-electron chi connectivity index (χ1n) is 11.1. The van der Waals surface area contributed by atoms with Crippen molar-refractivity contribution in [3.63, 3.8) is 0 Å². The van der Waals surface area contributed by atoms with Gasteiger partial charge in [0.05, 0.1) is 20.1 Å². The Kier molecular flexibility index (Phi) is 7.26. The molecule has 3 aromatic carbocycles. The van der Waals surface area contributed by atoms with E-state index in [4.69, 9.17) is 13.9 Å². The summed E-state index contributed by atoms with van der Waals surface area (Å²) in [6, 6.07) is 24.1. The number of rotatable bonds is 8. The summed E-state index contributed by atoms with van der Waals surface area (Å²) in [7, 11) is 2.78. The number of hydrogen-bond donors (Lipinski definition) is 1. The fourth-order valence-corrected chi connectivity index (χ4v) is 4.10. The predicted octanol–water partition coefficient (Wildman–Crippen LogP) is 3.83. The Bertz CT molecular complexity index is 1340. The molecule has 0 aliphatic heterocycles. The van der Waals surface area contributed by atoms with Crippen LogP contribution >= 0.6 is 0 Å². The van der Waals surface area contributed by atoms with Crippen LogP contribution in [0.1, 0.15) is 22.6 Å². The molecular weight excluding hydrogens is 446 g/mol. The Hall–Kier alpha value is -4.39. The van der Waals surface area contributed by atoms with E-state index in [9.17, 15) is 14.4 Å². The highest BCUT2D eigenvalue weighted by atomic mass is 16.5. The van der Waals surface area contributed by atoms with Crippen molar-refractivity contribution in [1.29, 1.82) is 0 Å². The minimum absolute atomic E-state index is 0.0448. The van der Waals surface area contributed by atoms with E-state index in [1.54, 1.807) is 18.2 Å². The van der Waals surface area contributed by atoms with Crippen LogP contribution in [0, 0.1) is 0 Å². The molecule has 35 heavy (non-hydrogen) atoms. The number of amides is 1. The van der Waals surface area contributed by atoms with Crippen LogP contribution in [0.2, 0.25) is 0 Å². The van der Waals surface area contributed by atoms with Gasteiger partial charge in [-0.2, -0.15) is 0 Å². The minimum atomic E-state index is -1.02. The fraction of sp³-hybridized carbons (Fsp3) is 0.179. The lowest BCUT2D eigenvalue weighted by molar-refractivity contribution is -0.145. The third-order valence-corrected chi connectivity index (χ3v) is 5.79. The second-order valence-corrected chi connectivity index (χ2v) is 8.00. The van der Waals surface area contributed by atoms with Crippen LogP contribution in [0.25, 0.3) is 11.0 Å². The van der Waals surface area contributed by atoms with Crippen LogP contribution in [0.4, 0.5) is 0 Å². The number of methoxy groups -OCH3 is 2. The number of ether oxygens (including phenoxy) is 2. The zero-order valence-corrected chi connectivity index (χ0v) is 19.4. The first-order valence-corrected chi connectivity index (χ1v) is 11.1. The molecule has 178 valence electrons. The maximum Gasteiger partial charge on any atom is 0.336 e. The highest BCUT2D eigenvalue weighted by Crippen LogP contribution is 2.26. The third kappa shape index (κ3) is 5.41. The Balaban J connectivity index is 1.69. The van der Waals surface area contributed by atoms with Gasteiger partial charge in [0.15, 0.2) is 0 Å². The molecule has 0 bridgehead atoms. The van der Waals surface area contributed by atoms with Crippen molar-refractivity contribution in [3.05, 3.63) is 112 Å². The first-order chi connectivity index (χ1) is 17.0. The number of hydrogen-bond acceptors (Lipinski definition) is 6.